The van der Waals surface area contributed by atoms with E-state index >= 15 is 0 Å². The van der Waals surface area contributed by atoms with Crippen molar-refractivity contribution in [1.82, 2.24) is 0 Å². The fourth-order valence-corrected chi connectivity index (χ4v) is 11.8. The Hall–Kier alpha value is -1.60. The molecule has 0 radical (unpaired) electrons. The quantitative estimate of drug-likeness (QED) is 0.0966. The Morgan fingerprint density at radius 3 is 0.580 bits per heavy atom. The Kier molecular flexibility index (Phi) is 24.1. The van der Waals surface area contributed by atoms with E-state index < -0.39 is 299 Å². The first kappa shape index (κ1) is 70.7. The normalized spacial score (nSPS) is 55.2. The predicted molar refractivity (Wildman–Crippen MR) is 261 cm³/mol. The maximum Gasteiger partial charge on any atom is 0.187 e. The van der Waals surface area contributed by atoms with E-state index in [9.17, 15) is 123 Å². The van der Waals surface area contributed by atoms with Crippen molar-refractivity contribution < 1.29 is 198 Å². The average Bonchev–Trinajstić information content (AvgIpc) is 2.18. The van der Waals surface area contributed by atoms with E-state index in [2.05, 4.69) is 0 Å². The van der Waals surface area contributed by atoms with E-state index in [0.717, 1.165) is 0 Å². The largest absolute Gasteiger partial charge is 0.394 e. The molecule has 14 bridgehead atoms. The number of hydrogen-bond acceptors (Lipinski definition) is 40. The van der Waals surface area contributed by atoms with Gasteiger partial charge in [-0.25, -0.2) is 0 Å². The minimum absolute atomic E-state index is 0.919. The molecule has 24 N–H and O–H groups in total. The van der Waals surface area contributed by atoms with Gasteiger partial charge in [0.1, 0.15) is 195 Å². The molecule has 22 saturated heterocycles. The van der Waals surface area contributed by atoms with Gasteiger partial charge in [0, 0.05) is 0 Å². The summed E-state index contributed by atoms with van der Waals surface area (Å²) in [4.78, 5) is 0. The van der Waals surface area contributed by atoms with E-state index in [1.807, 2.05) is 0 Å². The SMILES string of the molecule is OC[C@H]1O[C@@H](OC[C@H]2O[C@@H]3O[C@H]4[C@H](O)[C@@H](O)[C@@H](O[C@H]5[C@H](O)[C@@H](O)[C@@H](O[C@H]6[C@H](O)[C@@H](O)[C@@H](O[C@H]7[C@H](O)[C@@H](O)C(O[C@H]8[C@H](O)[C@@H](O)[C@@H](O[C@H]9[C@H](O)[C@@H](O)[C@@H](O[C@H]2[C@H](O)[C@H]3O)O[C@@H]9CO)O[C@@H]8CO)O[C@@H]7CO)O[C@@H]6CO)O[C@@H]5CO)O[C@@H]4CO)[C@H](O)[C@@H](O)[C@H]1O. The van der Waals surface area contributed by atoms with Gasteiger partial charge in [-0.15, -0.1) is 0 Å². The highest BCUT2D eigenvalue weighted by Crippen LogP contribution is 2.39. The van der Waals surface area contributed by atoms with Crippen molar-refractivity contribution in [3.8, 4) is 0 Å². The van der Waals surface area contributed by atoms with Gasteiger partial charge in [0.2, 0.25) is 0 Å². The van der Waals surface area contributed by atoms with Crippen molar-refractivity contribution in [2.24, 2.45) is 0 Å². The van der Waals surface area contributed by atoms with Crippen molar-refractivity contribution in [2.45, 2.75) is 246 Å². The van der Waals surface area contributed by atoms with Crippen LogP contribution in [0.2, 0.25) is 0 Å². The molecule has 40 atom stereocenters. The van der Waals surface area contributed by atoms with Crippen LogP contribution < -0.4 is 0 Å². The summed E-state index contributed by atoms with van der Waals surface area (Å²) >= 11 is 0. The summed E-state index contributed by atoms with van der Waals surface area (Å²) in [7, 11) is 0. The third-order valence-electron chi connectivity index (χ3n) is 16.9. The summed E-state index contributed by atoms with van der Waals surface area (Å²) in [6, 6.07) is 0. The van der Waals surface area contributed by atoms with Crippen LogP contribution in [0.15, 0.2) is 0 Å². The van der Waals surface area contributed by atoms with E-state index in [0.29, 0.717) is 0 Å². The van der Waals surface area contributed by atoms with Gasteiger partial charge < -0.3 is 198 Å². The molecule has 0 spiro atoms. The number of ether oxygens (including phenoxy) is 16. The molecule has 0 aromatic carbocycles. The molecule has 1 unspecified atom stereocenters. The first-order valence-corrected chi connectivity index (χ1v) is 28.1. The summed E-state index contributed by atoms with van der Waals surface area (Å²) < 4.78 is 91.6. The van der Waals surface area contributed by atoms with Crippen LogP contribution in [-0.2, 0) is 75.8 Å². The van der Waals surface area contributed by atoms with Crippen LogP contribution in [0.25, 0.3) is 0 Å². The lowest BCUT2D eigenvalue weighted by molar-refractivity contribution is -0.399. The summed E-state index contributed by atoms with van der Waals surface area (Å²) in [5, 5.41) is 265. The monoisotopic (exact) mass is 1300 g/mol. The lowest BCUT2D eigenvalue weighted by atomic mass is 9.95. The molecule has 0 saturated carbocycles. The predicted octanol–water partition coefficient (Wildman–Crippen LogP) is -17.4. The molecule has 22 rings (SSSR count). The Labute approximate surface area is 496 Å². The highest BCUT2D eigenvalue weighted by atomic mass is 16.8. The lowest BCUT2D eigenvalue weighted by Gasteiger charge is -2.50. The topological polar surface area (TPSA) is 633 Å². The minimum Gasteiger partial charge on any atom is -0.394 e. The molecule has 0 aliphatic carbocycles. The van der Waals surface area contributed by atoms with E-state index in [-0.39, 0.29) is 0 Å². The smallest absolute Gasteiger partial charge is 0.187 e. The van der Waals surface area contributed by atoms with Crippen molar-refractivity contribution in [1.29, 1.82) is 0 Å². The van der Waals surface area contributed by atoms with Crippen LogP contribution in [0.4, 0.5) is 0 Å². The first-order valence-electron chi connectivity index (χ1n) is 28.1. The number of aliphatic hydroxyl groups is 24. The third-order valence-corrected chi connectivity index (χ3v) is 16.9. The zero-order chi connectivity index (χ0) is 64.1. The molecule has 22 aliphatic heterocycles. The Bertz CT molecular complexity index is 2130. The first-order chi connectivity index (χ1) is 41.9. The Balaban J connectivity index is 1.02. The molecular formula is C48H80O40. The molecule has 88 heavy (non-hydrogen) atoms. The molecule has 0 amide bonds. The van der Waals surface area contributed by atoms with Gasteiger partial charge in [-0.1, -0.05) is 0 Å². The highest BCUT2D eigenvalue weighted by molar-refractivity contribution is 5.02. The molecule has 0 aromatic heterocycles. The Morgan fingerprint density at radius 1 is 0.182 bits per heavy atom. The van der Waals surface area contributed by atoms with Gasteiger partial charge in [-0.05, 0) is 0 Å². The number of rotatable bonds is 10. The van der Waals surface area contributed by atoms with Gasteiger partial charge in [-0.2, -0.15) is 0 Å². The molecule has 0 aromatic rings. The second-order valence-electron chi connectivity index (χ2n) is 22.5. The van der Waals surface area contributed by atoms with Crippen molar-refractivity contribution >= 4 is 0 Å². The average molecular weight is 1300 g/mol. The zero-order valence-electron chi connectivity index (χ0n) is 46.0. The van der Waals surface area contributed by atoms with Crippen LogP contribution in [0.3, 0.4) is 0 Å². The van der Waals surface area contributed by atoms with E-state index in [1.165, 1.54) is 0 Å². The van der Waals surface area contributed by atoms with Gasteiger partial charge in [0.25, 0.3) is 0 Å². The van der Waals surface area contributed by atoms with Crippen LogP contribution in [-0.4, -0.2) is 421 Å². The second-order valence-corrected chi connectivity index (χ2v) is 22.5. The van der Waals surface area contributed by atoms with Crippen molar-refractivity contribution in [3.63, 3.8) is 0 Å². The van der Waals surface area contributed by atoms with Gasteiger partial charge in [0.05, 0.1) is 52.9 Å². The summed E-state index contributed by atoms with van der Waals surface area (Å²) in [5.74, 6) is 0. The molecular weight excluding hydrogens is 1220 g/mol. The van der Waals surface area contributed by atoms with Crippen LogP contribution in [0.5, 0.6) is 0 Å². The van der Waals surface area contributed by atoms with Gasteiger partial charge >= 0.3 is 0 Å². The molecule has 40 nitrogen and oxygen atoms in total. The fourth-order valence-electron chi connectivity index (χ4n) is 11.8. The molecule has 22 fully saturated rings. The van der Waals surface area contributed by atoms with E-state index in [1.54, 1.807) is 0 Å². The maximum absolute atomic E-state index is 11.8. The Morgan fingerprint density at radius 2 is 0.375 bits per heavy atom. The fraction of sp³-hybridized carbons (Fsp3) is 1.00. The molecule has 512 valence electrons. The van der Waals surface area contributed by atoms with Crippen molar-refractivity contribution in [2.75, 3.05) is 52.9 Å². The minimum atomic E-state index is -2.35. The molecule has 22 heterocycles. The second kappa shape index (κ2) is 30.0. The van der Waals surface area contributed by atoms with E-state index in [4.69, 9.17) is 75.8 Å². The van der Waals surface area contributed by atoms with Crippen LogP contribution >= 0.6 is 0 Å². The van der Waals surface area contributed by atoms with Gasteiger partial charge in [0.15, 0.2) is 50.3 Å². The molecule has 22 aliphatic rings. The standard InChI is InChI=1S/C48H80O40/c49-1-9-17(56)18(57)26(65)41(74-9)73-8-16-40-25(64)33(72)48(81-16)87-39-15(7-55)79-46(31(70)23(39)62)85-37-13(5-53)77-44(29(68)21(37)60)83-35-11(3-51)75-42(27(66)19(35)58)82-34-10(2-50)76-43(28(67)20(34)59)84-36-12(4-52)78-45(30(69)22(36)61)86-38-14(6-54)80-47(88-40)32(71)24(38)63/h9-72H,1-8H2/t9-,10-,11-,12-,13-,14-,15-,16-,17+,18+,19-,20-,21-,22-,23-,24-,25-,26-,27-,28-,29-,30-,31-,32-,33-,34-,35-,36-,37-,38-,39-,40-,41-,42-,43?,44-,45-,46-,47-,48-/m1/s1. The summed E-state index contributed by atoms with van der Waals surface area (Å²) in [6.45, 7) is -8.51. The summed E-state index contributed by atoms with van der Waals surface area (Å²) in [6.07, 6.45) is -82.6. The maximum atomic E-state index is 11.8. The lowest BCUT2D eigenvalue weighted by Crippen LogP contribution is -2.68. The zero-order valence-corrected chi connectivity index (χ0v) is 46.0. The van der Waals surface area contributed by atoms with Crippen molar-refractivity contribution in [3.05, 3.63) is 0 Å². The summed E-state index contributed by atoms with van der Waals surface area (Å²) in [5.41, 5.74) is 0. The van der Waals surface area contributed by atoms with Crippen LogP contribution in [0, 0.1) is 0 Å². The van der Waals surface area contributed by atoms with Crippen LogP contribution in [0.1, 0.15) is 0 Å². The van der Waals surface area contributed by atoms with Gasteiger partial charge in [-0.3, -0.25) is 0 Å². The number of hydrogen-bond donors (Lipinski definition) is 24. The third kappa shape index (κ3) is 13.9. The molecule has 40 heteroatoms. The number of aliphatic hydroxyl groups excluding tert-OH is 24. The highest BCUT2D eigenvalue weighted by Gasteiger charge is 2.60.